The molecule has 6 nitrogen and oxygen atoms in total. The zero-order valence-electron chi connectivity index (χ0n) is 19.1. The summed E-state index contributed by atoms with van der Waals surface area (Å²) in [6, 6.07) is 18.6. The Kier molecular flexibility index (Phi) is 8.72. The number of amides is 2. The summed E-state index contributed by atoms with van der Waals surface area (Å²) >= 11 is 3.60. The third-order valence-corrected chi connectivity index (χ3v) is 6.22. The number of halogens is 1. The number of carbonyl (C=O) groups excluding carboxylic acids is 2. The van der Waals surface area contributed by atoms with Gasteiger partial charge in [-0.25, -0.2) is 0 Å². The second-order valence-corrected chi connectivity index (χ2v) is 8.37. The van der Waals surface area contributed by atoms with Gasteiger partial charge >= 0.3 is 0 Å². The van der Waals surface area contributed by atoms with Crippen LogP contribution in [-0.4, -0.2) is 43.0 Å². The lowest BCUT2D eigenvalue weighted by Crippen LogP contribution is -2.50. The number of likely N-dealkylation sites (N-methyl/N-ethyl adjacent to an activating group) is 1. The summed E-state index contributed by atoms with van der Waals surface area (Å²) in [6.07, 6.45) is 0.487. The number of nitrogens with zero attached hydrogens (tertiary/aromatic N) is 1. The molecule has 1 atom stereocenters. The van der Waals surface area contributed by atoms with Gasteiger partial charge in [0.25, 0.3) is 5.91 Å². The quantitative estimate of drug-likeness (QED) is 0.418. The molecule has 7 heteroatoms. The van der Waals surface area contributed by atoms with E-state index in [0.29, 0.717) is 24.5 Å². The highest BCUT2D eigenvalue weighted by atomic mass is 79.9. The molecule has 0 aliphatic carbocycles. The molecular weight excluding hydrogens is 484 g/mol. The predicted molar refractivity (Wildman–Crippen MR) is 133 cm³/mol. The molecule has 2 amide bonds. The molecule has 0 radical (unpaired) electrons. The highest BCUT2D eigenvalue weighted by Crippen LogP contribution is 2.33. The summed E-state index contributed by atoms with van der Waals surface area (Å²) in [5.74, 6) is 0.829. The van der Waals surface area contributed by atoms with Gasteiger partial charge in [-0.15, -0.1) is 0 Å². The van der Waals surface area contributed by atoms with Crippen LogP contribution in [0, 0.1) is 0 Å². The van der Waals surface area contributed by atoms with Gasteiger partial charge in [-0.2, -0.15) is 0 Å². The molecule has 3 rings (SSSR count). The molecule has 174 valence electrons. The van der Waals surface area contributed by atoms with Crippen LogP contribution in [-0.2, 0) is 16.1 Å². The number of hydrogen-bond acceptors (Lipinski definition) is 4. The third kappa shape index (κ3) is 6.05. The minimum absolute atomic E-state index is 0.178. The van der Waals surface area contributed by atoms with E-state index in [9.17, 15) is 9.59 Å². The standard InChI is InChI=1S/C26H29BrN2O4/c1-4-22(26(31)28-5-2)29(16-18-9-8-11-20(15-18)32-3)24(30)17-33-23-14-13-19-10-6-7-12-21(19)25(23)27/h6-15,22H,4-5,16-17H2,1-3H3,(H,28,31). The third-order valence-electron chi connectivity index (χ3n) is 5.40. The lowest BCUT2D eigenvalue weighted by molar-refractivity contribution is -0.142. The molecule has 1 unspecified atom stereocenters. The minimum Gasteiger partial charge on any atom is -0.497 e. The number of methoxy groups -OCH3 is 1. The van der Waals surface area contributed by atoms with Crippen LogP contribution in [0.25, 0.3) is 10.8 Å². The van der Waals surface area contributed by atoms with Gasteiger partial charge in [0, 0.05) is 13.1 Å². The predicted octanol–water partition coefficient (Wildman–Crippen LogP) is 4.93. The number of fused-ring (bicyclic) bond motifs is 1. The first-order valence-electron chi connectivity index (χ1n) is 11.0. The van der Waals surface area contributed by atoms with E-state index in [1.807, 2.05) is 74.5 Å². The maximum Gasteiger partial charge on any atom is 0.261 e. The summed E-state index contributed by atoms with van der Waals surface area (Å²) in [4.78, 5) is 27.6. The van der Waals surface area contributed by atoms with E-state index in [-0.39, 0.29) is 25.0 Å². The van der Waals surface area contributed by atoms with Crippen molar-refractivity contribution in [3.63, 3.8) is 0 Å². The van der Waals surface area contributed by atoms with Gasteiger partial charge in [-0.3, -0.25) is 9.59 Å². The van der Waals surface area contributed by atoms with E-state index in [1.165, 1.54) is 0 Å². The van der Waals surface area contributed by atoms with Gasteiger partial charge in [-0.05, 0) is 63.8 Å². The van der Waals surface area contributed by atoms with E-state index in [0.717, 1.165) is 20.8 Å². The molecule has 3 aromatic rings. The number of rotatable bonds is 10. The van der Waals surface area contributed by atoms with Gasteiger partial charge < -0.3 is 19.7 Å². The smallest absolute Gasteiger partial charge is 0.261 e. The highest BCUT2D eigenvalue weighted by molar-refractivity contribution is 9.10. The molecule has 0 aromatic heterocycles. The van der Waals surface area contributed by atoms with Crippen molar-refractivity contribution in [3.05, 3.63) is 70.7 Å². The molecule has 0 saturated heterocycles. The summed E-state index contributed by atoms with van der Waals surface area (Å²) in [5, 5.41) is 4.92. The van der Waals surface area contributed by atoms with Crippen molar-refractivity contribution in [3.8, 4) is 11.5 Å². The maximum absolute atomic E-state index is 13.3. The van der Waals surface area contributed by atoms with Crippen LogP contribution in [0.15, 0.2) is 65.1 Å². The summed E-state index contributed by atoms with van der Waals surface area (Å²) in [5.41, 5.74) is 0.873. The topological polar surface area (TPSA) is 67.9 Å². The molecule has 3 aromatic carbocycles. The zero-order chi connectivity index (χ0) is 23.8. The Hall–Kier alpha value is -3.06. The molecule has 0 heterocycles. The number of ether oxygens (including phenoxy) is 2. The van der Waals surface area contributed by atoms with Crippen LogP contribution < -0.4 is 14.8 Å². The van der Waals surface area contributed by atoms with Crippen molar-refractivity contribution in [2.75, 3.05) is 20.3 Å². The van der Waals surface area contributed by atoms with Crippen LogP contribution in [0.4, 0.5) is 0 Å². The molecular formula is C26H29BrN2O4. The van der Waals surface area contributed by atoms with Crippen LogP contribution in [0.1, 0.15) is 25.8 Å². The Morgan fingerprint density at radius 1 is 1.06 bits per heavy atom. The lowest BCUT2D eigenvalue weighted by atomic mass is 10.1. The normalized spacial score (nSPS) is 11.6. The fourth-order valence-electron chi connectivity index (χ4n) is 3.73. The summed E-state index contributed by atoms with van der Waals surface area (Å²) in [7, 11) is 1.60. The molecule has 0 bridgehead atoms. The van der Waals surface area contributed by atoms with E-state index >= 15 is 0 Å². The monoisotopic (exact) mass is 512 g/mol. The largest absolute Gasteiger partial charge is 0.497 e. The molecule has 0 fully saturated rings. The van der Waals surface area contributed by atoms with Crippen molar-refractivity contribution in [2.24, 2.45) is 0 Å². The van der Waals surface area contributed by atoms with Crippen LogP contribution in [0.5, 0.6) is 11.5 Å². The summed E-state index contributed by atoms with van der Waals surface area (Å²) < 4.78 is 12.0. The second-order valence-electron chi connectivity index (χ2n) is 7.58. The summed E-state index contributed by atoms with van der Waals surface area (Å²) in [6.45, 7) is 4.34. The Labute approximate surface area is 203 Å². The van der Waals surface area contributed by atoms with Crippen LogP contribution >= 0.6 is 15.9 Å². The van der Waals surface area contributed by atoms with Crippen molar-refractivity contribution in [2.45, 2.75) is 32.9 Å². The fourth-order valence-corrected chi connectivity index (χ4v) is 4.33. The van der Waals surface area contributed by atoms with Gasteiger partial charge in [0.05, 0.1) is 11.6 Å². The highest BCUT2D eigenvalue weighted by Gasteiger charge is 2.29. The Morgan fingerprint density at radius 2 is 1.85 bits per heavy atom. The first kappa shape index (κ1) is 24.6. The van der Waals surface area contributed by atoms with Crippen molar-refractivity contribution >= 4 is 38.5 Å². The zero-order valence-corrected chi connectivity index (χ0v) is 20.7. The maximum atomic E-state index is 13.3. The first-order valence-corrected chi connectivity index (χ1v) is 11.8. The van der Waals surface area contributed by atoms with E-state index in [2.05, 4.69) is 21.2 Å². The fraction of sp³-hybridized carbons (Fsp3) is 0.308. The Bertz CT molecular complexity index is 1120. The van der Waals surface area contributed by atoms with Gasteiger partial charge in [-0.1, -0.05) is 49.4 Å². The van der Waals surface area contributed by atoms with Crippen LogP contribution in [0.2, 0.25) is 0 Å². The lowest BCUT2D eigenvalue weighted by Gasteiger charge is -2.30. The Balaban J connectivity index is 1.83. The van der Waals surface area contributed by atoms with Crippen LogP contribution in [0.3, 0.4) is 0 Å². The SMILES string of the molecule is CCNC(=O)C(CC)N(Cc1cccc(OC)c1)C(=O)COc1ccc2ccccc2c1Br. The van der Waals surface area contributed by atoms with Crippen molar-refractivity contribution in [1.29, 1.82) is 0 Å². The minimum atomic E-state index is -0.604. The molecule has 0 aliphatic rings. The van der Waals surface area contributed by atoms with Gasteiger partial charge in [0.15, 0.2) is 6.61 Å². The molecule has 0 saturated carbocycles. The van der Waals surface area contributed by atoms with Crippen molar-refractivity contribution < 1.29 is 19.1 Å². The van der Waals surface area contributed by atoms with E-state index in [4.69, 9.17) is 9.47 Å². The first-order chi connectivity index (χ1) is 16.0. The van der Waals surface area contributed by atoms with Gasteiger partial charge in [0.2, 0.25) is 5.91 Å². The number of carbonyl (C=O) groups is 2. The average Bonchev–Trinajstić information content (AvgIpc) is 2.83. The average molecular weight is 513 g/mol. The number of nitrogens with one attached hydrogen (secondary N) is 1. The number of hydrogen-bond donors (Lipinski definition) is 1. The molecule has 0 aliphatic heterocycles. The Morgan fingerprint density at radius 3 is 2.58 bits per heavy atom. The molecule has 1 N–H and O–H groups in total. The molecule has 0 spiro atoms. The van der Waals surface area contributed by atoms with Gasteiger partial charge in [0.1, 0.15) is 17.5 Å². The molecule has 33 heavy (non-hydrogen) atoms. The second kappa shape index (κ2) is 11.7. The van der Waals surface area contributed by atoms with Crippen molar-refractivity contribution in [1.82, 2.24) is 10.2 Å². The van der Waals surface area contributed by atoms with E-state index in [1.54, 1.807) is 12.0 Å². The number of benzene rings is 3. The van der Waals surface area contributed by atoms with E-state index < -0.39 is 6.04 Å².